The Morgan fingerprint density at radius 3 is 2.43 bits per heavy atom. The number of nitrogens with one attached hydrogen (secondary N) is 1. The van der Waals surface area contributed by atoms with Crippen LogP contribution in [0.5, 0.6) is 0 Å². The number of carbonyl (C=O) groups excluding carboxylic acids is 2. The second kappa shape index (κ2) is 8.47. The van der Waals surface area contributed by atoms with Crippen molar-refractivity contribution in [2.45, 2.75) is 19.4 Å². The van der Waals surface area contributed by atoms with Crippen LogP contribution in [0, 0.1) is 0 Å². The van der Waals surface area contributed by atoms with Gasteiger partial charge in [0.1, 0.15) is 0 Å². The van der Waals surface area contributed by atoms with Crippen molar-refractivity contribution in [3.8, 4) is 0 Å². The molecule has 1 amide bonds. The van der Waals surface area contributed by atoms with Crippen molar-refractivity contribution in [2.24, 2.45) is 0 Å². The quantitative estimate of drug-likeness (QED) is 0.663. The molecular weight excluding hydrogens is 358 g/mol. The average molecular weight is 379 g/mol. The highest BCUT2D eigenvalue weighted by atomic mass is 16.5. The molecule has 3 aromatic rings. The van der Waals surface area contributed by atoms with Crippen LogP contribution in [0.25, 0.3) is 10.8 Å². The Bertz CT molecular complexity index is 1050. The molecule has 7 heteroatoms. The number of likely N-dealkylation sites (N-methyl/N-ethyl adjacent to an activating group) is 1. The minimum atomic E-state index is -0.584. The molecule has 2 aromatic carbocycles. The van der Waals surface area contributed by atoms with Crippen LogP contribution in [-0.4, -0.2) is 40.6 Å². The molecule has 1 aromatic heterocycles. The number of H-pyrrole nitrogens is 1. The number of amides is 1. The van der Waals surface area contributed by atoms with Gasteiger partial charge < -0.3 is 9.64 Å². The van der Waals surface area contributed by atoms with Crippen LogP contribution in [0.3, 0.4) is 0 Å². The van der Waals surface area contributed by atoms with E-state index in [2.05, 4.69) is 10.2 Å². The zero-order valence-electron chi connectivity index (χ0n) is 15.7. The molecule has 7 nitrogen and oxygen atoms in total. The number of hydrogen-bond acceptors (Lipinski definition) is 5. The first-order valence-corrected chi connectivity index (χ1v) is 8.90. The van der Waals surface area contributed by atoms with E-state index in [0.717, 1.165) is 5.56 Å². The summed E-state index contributed by atoms with van der Waals surface area (Å²) in [4.78, 5) is 37.9. The van der Waals surface area contributed by atoms with E-state index in [-0.39, 0.29) is 30.5 Å². The van der Waals surface area contributed by atoms with E-state index in [4.69, 9.17) is 4.74 Å². The molecule has 1 heterocycles. The molecule has 0 aliphatic rings. The number of aromatic nitrogens is 2. The fraction of sp³-hybridized carbons (Fsp3) is 0.238. The van der Waals surface area contributed by atoms with Gasteiger partial charge >= 0.3 is 5.97 Å². The number of fused-ring (bicyclic) bond motifs is 1. The first-order chi connectivity index (χ1) is 13.5. The van der Waals surface area contributed by atoms with Crippen LogP contribution < -0.4 is 5.56 Å². The van der Waals surface area contributed by atoms with E-state index in [1.54, 1.807) is 31.3 Å². The second-order valence-electron chi connectivity index (χ2n) is 6.47. The standard InChI is InChI=1S/C21H21N3O4/c1-14(15-8-4-3-5-9-15)24(2)19(25)13-28-20(26)12-18-16-10-6-7-11-17(16)21(27)23-22-18/h3-11,14H,12-13H2,1-2H3,(H,23,27)/t14-/m1/s1. The van der Waals surface area contributed by atoms with Crippen molar-refractivity contribution < 1.29 is 14.3 Å². The van der Waals surface area contributed by atoms with Crippen molar-refractivity contribution in [2.75, 3.05) is 13.7 Å². The third-order valence-electron chi connectivity index (χ3n) is 4.70. The molecule has 0 aliphatic carbocycles. The lowest BCUT2D eigenvalue weighted by Gasteiger charge is -2.25. The second-order valence-corrected chi connectivity index (χ2v) is 6.47. The minimum Gasteiger partial charge on any atom is -0.455 e. The molecule has 0 saturated heterocycles. The Labute approximate surface area is 161 Å². The van der Waals surface area contributed by atoms with Crippen LogP contribution in [0.15, 0.2) is 59.4 Å². The number of esters is 1. The molecule has 144 valence electrons. The Hall–Kier alpha value is -3.48. The molecule has 0 aliphatic heterocycles. The van der Waals surface area contributed by atoms with Crippen LogP contribution in [0.4, 0.5) is 0 Å². The Balaban J connectivity index is 1.61. The summed E-state index contributed by atoms with van der Waals surface area (Å²) in [5.74, 6) is -0.886. The van der Waals surface area contributed by atoms with Crippen molar-refractivity contribution in [3.63, 3.8) is 0 Å². The van der Waals surface area contributed by atoms with Gasteiger partial charge in [-0.05, 0) is 18.6 Å². The smallest absolute Gasteiger partial charge is 0.312 e. The fourth-order valence-corrected chi connectivity index (χ4v) is 2.91. The van der Waals surface area contributed by atoms with E-state index < -0.39 is 5.97 Å². The summed E-state index contributed by atoms with van der Waals surface area (Å²) in [6.07, 6.45) is -0.136. The third-order valence-corrected chi connectivity index (χ3v) is 4.70. The molecule has 0 spiro atoms. The molecule has 0 fully saturated rings. The maximum absolute atomic E-state index is 12.4. The zero-order valence-corrected chi connectivity index (χ0v) is 15.7. The summed E-state index contributed by atoms with van der Waals surface area (Å²) < 4.78 is 5.13. The highest BCUT2D eigenvalue weighted by Crippen LogP contribution is 2.18. The zero-order chi connectivity index (χ0) is 20.1. The van der Waals surface area contributed by atoms with Gasteiger partial charge in [-0.3, -0.25) is 14.4 Å². The van der Waals surface area contributed by atoms with E-state index in [0.29, 0.717) is 16.5 Å². The molecule has 1 N–H and O–H groups in total. The van der Waals surface area contributed by atoms with Gasteiger partial charge in [-0.15, -0.1) is 0 Å². The summed E-state index contributed by atoms with van der Waals surface area (Å²) in [5, 5.41) is 7.36. The van der Waals surface area contributed by atoms with E-state index >= 15 is 0 Å². The summed E-state index contributed by atoms with van der Waals surface area (Å²) in [7, 11) is 1.67. The lowest BCUT2D eigenvalue weighted by Crippen LogP contribution is -2.33. The number of benzene rings is 2. The average Bonchev–Trinajstić information content (AvgIpc) is 2.73. The van der Waals surface area contributed by atoms with Crippen LogP contribution >= 0.6 is 0 Å². The number of nitrogens with zero attached hydrogens (tertiary/aromatic N) is 2. The highest BCUT2D eigenvalue weighted by Gasteiger charge is 2.19. The van der Waals surface area contributed by atoms with Gasteiger partial charge in [0.2, 0.25) is 0 Å². The minimum absolute atomic E-state index is 0.136. The number of carbonyl (C=O) groups is 2. The molecule has 0 bridgehead atoms. The SMILES string of the molecule is C[C@H](c1ccccc1)N(C)C(=O)COC(=O)Cc1n[nH]c(=O)c2ccccc12. The number of aromatic amines is 1. The first kappa shape index (κ1) is 19.3. The van der Waals surface area contributed by atoms with Crippen LogP contribution in [-0.2, 0) is 20.7 Å². The monoisotopic (exact) mass is 379 g/mol. The molecule has 28 heavy (non-hydrogen) atoms. The molecule has 1 atom stereocenters. The predicted molar refractivity (Wildman–Crippen MR) is 105 cm³/mol. The molecule has 0 saturated carbocycles. The Kier molecular flexibility index (Phi) is 5.84. The van der Waals surface area contributed by atoms with Gasteiger partial charge in [0.05, 0.1) is 23.5 Å². The van der Waals surface area contributed by atoms with Crippen molar-refractivity contribution in [1.82, 2.24) is 15.1 Å². The lowest BCUT2D eigenvalue weighted by atomic mass is 10.1. The summed E-state index contributed by atoms with van der Waals surface area (Å²) in [6, 6.07) is 16.3. The maximum atomic E-state index is 12.4. The normalized spacial score (nSPS) is 11.8. The van der Waals surface area contributed by atoms with Gasteiger partial charge in [0.25, 0.3) is 11.5 Å². The van der Waals surface area contributed by atoms with E-state index in [1.165, 1.54) is 4.90 Å². The predicted octanol–water partition coefficient (Wildman–Crippen LogP) is 2.23. The van der Waals surface area contributed by atoms with Crippen LogP contribution in [0.1, 0.15) is 24.2 Å². The molecule has 0 radical (unpaired) electrons. The maximum Gasteiger partial charge on any atom is 0.312 e. The topological polar surface area (TPSA) is 92.4 Å². The largest absolute Gasteiger partial charge is 0.455 e. The number of ether oxygens (including phenoxy) is 1. The summed E-state index contributed by atoms with van der Waals surface area (Å²) >= 11 is 0. The van der Waals surface area contributed by atoms with Gasteiger partial charge in [-0.25, -0.2) is 5.10 Å². The number of rotatable bonds is 6. The van der Waals surface area contributed by atoms with Crippen molar-refractivity contribution >= 4 is 22.6 Å². The Morgan fingerprint density at radius 1 is 1.07 bits per heavy atom. The van der Waals surface area contributed by atoms with Crippen LogP contribution in [0.2, 0.25) is 0 Å². The van der Waals surface area contributed by atoms with Crippen molar-refractivity contribution in [3.05, 3.63) is 76.2 Å². The number of hydrogen-bond donors (Lipinski definition) is 1. The summed E-state index contributed by atoms with van der Waals surface area (Å²) in [5.41, 5.74) is 1.08. The Morgan fingerprint density at radius 2 is 1.71 bits per heavy atom. The van der Waals surface area contributed by atoms with E-state index in [1.807, 2.05) is 37.3 Å². The first-order valence-electron chi connectivity index (χ1n) is 8.90. The van der Waals surface area contributed by atoms with Gasteiger partial charge in [0.15, 0.2) is 6.61 Å². The van der Waals surface area contributed by atoms with Crippen molar-refractivity contribution in [1.29, 1.82) is 0 Å². The van der Waals surface area contributed by atoms with E-state index in [9.17, 15) is 14.4 Å². The molecule has 0 unspecified atom stereocenters. The third kappa shape index (κ3) is 4.25. The molecule has 3 rings (SSSR count). The highest BCUT2D eigenvalue weighted by molar-refractivity contribution is 5.87. The van der Waals surface area contributed by atoms with Gasteiger partial charge in [-0.2, -0.15) is 5.10 Å². The van der Waals surface area contributed by atoms with Gasteiger partial charge in [0, 0.05) is 12.4 Å². The van der Waals surface area contributed by atoms with Gasteiger partial charge in [-0.1, -0.05) is 48.5 Å². The lowest BCUT2D eigenvalue weighted by molar-refractivity contribution is -0.151. The summed E-state index contributed by atoms with van der Waals surface area (Å²) in [6.45, 7) is 1.55. The molecular formula is C21H21N3O4. The fourth-order valence-electron chi connectivity index (χ4n) is 2.91.